The van der Waals surface area contributed by atoms with Gasteiger partial charge in [-0.05, 0) is 92.5 Å². The Kier molecular flexibility index (Phi) is 5.54. The second-order valence-electron chi connectivity index (χ2n) is 11.8. The van der Waals surface area contributed by atoms with Gasteiger partial charge in [0.25, 0.3) is 0 Å². The first kappa shape index (κ1) is 22.6. The van der Waals surface area contributed by atoms with Crippen LogP contribution in [0.4, 0.5) is 0 Å². The molecular formula is C28H36N2O3S. The second kappa shape index (κ2) is 8.35. The van der Waals surface area contributed by atoms with Crippen LogP contribution in [0.3, 0.4) is 0 Å². The topological polar surface area (TPSA) is 61.8 Å². The van der Waals surface area contributed by atoms with Gasteiger partial charge in [0, 0.05) is 30.3 Å². The van der Waals surface area contributed by atoms with Gasteiger partial charge < -0.3 is 15.2 Å². The maximum absolute atomic E-state index is 13.3. The number of nitrogens with one attached hydrogen (secondary N) is 1. The Balaban J connectivity index is 1.17. The quantitative estimate of drug-likeness (QED) is 0.644. The number of nitrogens with zero attached hydrogens (tertiary/aromatic N) is 1. The third-order valence-corrected chi connectivity index (χ3v) is 9.66. The van der Waals surface area contributed by atoms with Crippen LogP contribution in [0.2, 0.25) is 0 Å². The monoisotopic (exact) mass is 480 g/mol. The molecule has 4 atom stereocenters. The normalized spacial score (nSPS) is 35.3. The Hall–Kier alpha value is -1.89. The first-order valence-electron chi connectivity index (χ1n) is 12.8. The molecule has 182 valence electrons. The van der Waals surface area contributed by atoms with Crippen LogP contribution in [-0.4, -0.2) is 40.6 Å². The van der Waals surface area contributed by atoms with Gasteiger partial charge in [-0.3, -0.25) is 9.69 Å². The van der Waals surface area contributed by atoms with Crippen LogP contribution in [0.5, 0.6) is 5.75 Å². The van der Waals surface area contributed by atoms with E-state index in [1.807, 2.05) is 0 Å². The van der Waals surface area contributed by atoms with Gasteiger partial charge in [-0.2, -0.15) is 11.3 Å². The predicted octanol–water partition coefficient (Wildman–Crippen LogP) is 4.83. The summed E-state index contributed by atoms with van der Waals surface area (Å²) < 4.78 is 6.43. The van der Waals surface area contributed by atoms with Crippen LogP contribution >= 0.6 is 11.3 Å². The maximum atomic E-state index is 13.3. The fourth-order valence-electron chi connectivity index (χ4n) is 7.86. The molecule has 34 heavy (non-hydrogen) atoms. The number of aryl methyl sites for hydroxylation is 1. The fourth-order valence-corrected chi connectivity index (χ4v) is 8.57. The number of aliphatic hydroxyl groups is 1. The SMILES string of the molecule is Cc1ccc2c(c1)CN(CC(=O)N[C@@H](C)C13C[C@@H]4C[C@H](CC(O)(C4)C1)C3)C[C@H](c1ccsc1)O2. The molecular weight excluding hydrogens is 444 g/mol. The smallest absolute Gasteiger partial charge is 0.234 e. The highest BCUT2D eigenvalue weighted by molar-refractivity contribution is 7.07. The molecule has 1 amide bonds. The van der Waals surface area contributed by atoms with Gasteiger partial charge in [0.1, 0.15) is 11.9 Å². The zero-order chi connectivity index (χ0) is 23.5. The van der Waals surface area contributed by atoms with Gasteiger partial charge in [-0.25, -0.2) is 0 Å². The summed E-state index contributed by atoms with van der Waals surface area (Å²) in [5, 5.41) is 18.7. The zero-order valence-electron chi connectivity index (χ0n) is 20.3. The predicted molar refractivity (Wildman–Crippen MR) is 134 cm³/mol. The van der Waals surface area contributed by atoms with Crippen molar-refractivity contribution in [3.8, 4) is 5.75 Å². The molecule has 7 rings (SSSR count). The molecule has 1 aromatic carbocycles. The van der Waals surface area contributed by atoms with Crippen LogP contribution in [0, 0.1) is 24.2 Å². The molecule has 5 aliphatic rings. The van der Waals surface area contributed by atoms with E-state index >= 15 is 0 Å². The molecule has 6 heteroatoms. The lowest BCUT2D eigenvalue weighted by Crippen LogP contribution is -2.62. The van der Waals surface area contributed by atoms with Crippen molar-refractivity contribution in [1.29, 1.82) is 0 Å². The summed E-state index contributed by atoms with van der Waals surface area (Å²) in [7, 11) is 0. The molecule has 2 N–H and O–H groups in total. The van der Waals surface area contributed by atoms with E-state index in [2.05, 4.69) is 59.1 Å². The lowest BCUT2D eigenvalue weighted by Gasteiger charge is -2.62. The number of hydrogen-bond acceptors (Lipinski definition) is 5. The van der Waals surface area contributed by atoms with Gasteiger partial charge in [0.05, 0.1) is 12.1 Å². The molecule has 5 nitrogen and oxygen atoms in total. The number of fused-ring (bicyclic) bond motifs is 1. The van der Waals surface area contributed by atoms with Crippen molar-refractivity contribution in [2.24, 2.45) is 17.3 Å². The van der Waals surface area contributed by atoms with E-state index in [0.29, 0.717) is 31.5 Å². The van der Waals surface area contributed by atoms with Gasteiger partial charge in [0.2, 0.25) is 5.91 Å². The number of rotatable bonds is 5. The second-order valence-corrected chi connectivity index (χ2v) is 12.6. The minimum Gasteiger partial charge on any atom is -0.484 e. The largest absolute Gasteiger partial charge is 0.484 e. The molecule has 4 bridgehead atoms. The Morgan fingerprint density at radius 2 is 2.06 bits per heavy atom. The summed E-state index contributed by atoms with van der Waals surface area (Å²) in [5.41, 5.74) is 3.06. The first-order chi connectivity index (χ1) is 16.3. The molecule has 1 aliphatic heterocycles. The lowest BCUT2D eigenvalue weighted by molar-refractivity contribution is -0.173. The highest BCUT2D eigenvalue weighted by Crippen LogP contribution is 2.62. The van der Waals surface area contributed by atoms with E-state index in [1.54, 1.807) is 11.3 Å². The molecule has 2 heterocycles. The van der Waals surface area contributed by atoms with E-state index in [4.69, 9.17) is 4.74 Å². The number of thiophene rings is 1. The highest BCUT2D eigenvalue weighted by Gasteiger charge is 2.59. The number of carbonyl (C=O) groups excluding carboxylic acids is 1. The van der Waals surface area contributed by atoms with Crippen LogP contribution in [0.1, 0.15) is 68.2 Å². The summed E-state index contributed by atoms with van der Waals surface area (Å²) in [5.74, 6) is 2.24. The third-order valence-electron chi connectivity index (χ3n) is 8.96. The number of amides is 1. The first-order valence-corrected chi connectivity index (χ1v) is 13.8. The van der Waals surface area contributed by atoms with E-state index in [0.717, 1.165) is 43.4 Å². The van der Waals surface area contributed by atoms with E-state index in [-0.39, 0.29) is 23.5 Å². The molecule has 0 saturated heterocycles. The summed E-state index contributed by atoms with van der Waals surface area (Å²) in [4.78, 5) is 15.5. The van der Waals surface area contributed by atoms with E-state index in [1.165, 1.54) is 17.5 Å². The number of hydrogen-bond donors (Lipinski definition) is 2. The molecule has 4 aliphatic carbocycles. The van der Waals surface area contributed by atoms with Crippen molar-refractivity contribution < 1.29 is 14.6 Å². The number of benzene rings is 1. The Morgan fingerprint density at radius 1 is 1.26 bits per heavy atom. The van der Waals surface area contributed by atoms with Crippen molar-refractivity contribution in [3.63, 3.8) is 0 Å². The maximum Gasteiger partial charge on any atom is 0.234 e. The van der Waals surface area contributed by atoms with Crippen LogP contribution in [0.25, 0.3) is 0 Å². The zero-order valence-corrected chi connectivity index (χ0v) is 21.1. The molecule has 4 fully saturated rings. The van der Waals surface area contributed by atoms with Gasteiger partial charge in [-0.15, -0.1) is 0 Å². The Bertz CT molecular complexity index is 1050. The van der Waals surface area contributed by atoms with Gasteiger partial charge >= 0.3 is 0 Å². The standard InChI is InChI=1S/C28H36N2O3S/c1-18-3-4-24-23(7-18)13-30(14-25(33-24)22-5-6-34-16-22)15-26(31)29-19(2)27-9-20-8-21(10-27)12-28(32,11-20)17-27/h3-7,16,19-21,25,32H,8-15,17H2,1-2H3,(H,29,31)/t19-,20-,21-,25+,27?,28?/m0/s1. The minimum absolute atomic E-state index is 0.0549. The van der Waals surface area contributed by atoms with Crippen LogP contribution < -0.4 is 10.1 Å². The Labute approximate surface area is 206 Å². The van der Waals surface area contributed by atoms with Crippen molar-refractivity contribution in [3.05, 3.63) is 51.7 Å². The average molecular weight is 481 g/mol. The summed E-state index contributed by atoms with van der Waals surface area (Å²) >= 11 is 1.68. The lowest BCUT2D eigenvalue weighted by atomic mass is 9.46. The molecule has 1 aromatic heterocycles. The molecule has 0 spiro atoms. The van der Waals surface area contributed by atoms with E-state index < -0.39 is 5.60 Å². The van der Waals surface area contributed by atoms with Crippen molar-refractivity contribution in [2.75, 3.05) is 13.1 Å². The molecule has 2 aromatic rings. The van der Waals surface area contributed by atoms with Gasteiger partial charge in [-0.1, -0.05) is 17.7 Å². The summed E-state index contributed by atoms with van der Waals surface area (Å²) in [6.45, 7) is 6.01. The van der Waals surface area contributed by atoms with E-state index in [9.17, 15) is 9.90 Å². The number of ether oxygens (including phenoxy) is 1. The average Bonchev–Trinajstić information content (AvgIpc) is 3.22. The molecule has 0 radical (unpaired) electrons. The minimum atomic E-state index is -0.499. The molecule has 0 unspecified atom stereocenters. The molecule has 4 saturated carbocycles. The number of carbonyl (C=O) groups is 1. The summed E-state index contributed by atoms with van der Waals surface area (Å²) in [6.07, 6.45) is 6.25. The summed E-state index contributed by atoms with van der Waals surface area (Å²) in [6, 6.07) is 8.53. The van der Waals surface area contributed by atoms with Crippen molar-refractivity contribution >= 4 is 17.2 Å². The Morgan fingerprint density at radius 3 is 2.76 bits per heavy atom. The van der Waals surface area contributed by atoms with Gasteiger partial charge in [0.15, 0.2) is 0 Å². The fraction of sp³-hybridized carbons (Fsp3) is 0.607. The van der Waals surface area contributed by atoms with Crippen LogP contribution in [0.15, 0.2) is 35.0 Å². The third kappa shape index (κ3) is 4.18. The van der Waals surface area contributed by atoms with Crippen molar-refractivity contribution in [2.45, 2.75) is 76.7 Å². The van der Waals surface area contributed by atoms with Crippen molar-refractivity contribution in [1.82, 2.24) is 10.2 Å². The highest BCUT2D eigenvalue weighted by atomic mass is 32.1. The van der Waals surface area contributed by atoms with Crippen LogP contribution in [-0.2, 0) is 11.3 Å².